The Morgan fingerprint density at radius 1 is 0.476 bits per heavy atom. The molecule has 0 aromatic heterocycles. The molecule has 0 heterocycles. The number of hydrogen-bond acceptors (Lipinski definition) is 5. The van der Waals surface area contributed by atoms with Gasteiger partial charge in [0, 0.05) is 6.42 Å². The summed E-state index contributed by atoms with van der Waals surface area (Å²) < 4.78 is 5.89. The topological polar surface area (TPSA) is 95.9 Å². The number of aliphatic hydroxyl groups excluding tert-OH is 2. The molecule has 3 unspecified atom stereocenters. The number of aliphatic hydroxyl groups is 2. The van der Waals surface area contributed by atoms with Gasteiger partial charge in [0.2, 0.25) is 5.91 Å². The molecule has 0 aromatic rings. The summed E-state index contributed by atoms with van der Waals surface area (Å²) in [6.45, 7) is 6.31. The van der Waals surface area contributed by atoms with Crippen molar-refractivity contribution in [2.45, 2.75) is 244 Å². The fourth-order valence-electron chi connectivity index (χ4n) is 7.24. The second-order valence-corrected chi connectivity index (χ2v) is 17.2. The lowest BCUT2D eigenvalue weighted by Crippen LogP contribution is -2.46. The van der Waals surface area contributed by atoms with Crippen LogP contribution >= 0.6 is 0 Å². The minimum Gasteiger partial charge on any atom is -0.462 e. The van der Waals surface area contributed by atoms with Crippen LogP contribution in [0.4, 0.5) is 0 Å². The molecule has 0 aliphatic rings. The Hall–Kier alpha value is -3.22. The van der Waals surface area contributed by atoms with Gasteiger partial charge in [-0.15, -0.1) is 0 Å². The fourth-order valence-corrected chi connectivity index (χ4v) is 7.24. The monoisotopic (exact) mass is 876 g/mol. The minimum absolute atomic E-state index is 0.0238. The van der Waals surface area contributed by atoms with E-state index in [-0.39, 0.29) is 24.9 Å². The van der Waals surface area contributed by atoms with Gasteiger partial charge >= 0.3 is 5.97 Å². The molecule has 1 amide bonds. The number of allylic oxidation sites excluding steroid dienone is 16. The van der Waals surface area contributed by atoms with Gasteiger partial charge in [0.15, 0.2) is 0 Å². The lowest BCUT2D eigenvalue weighted by molar-refractivity contribution is -0.151. The smallest absolute Gasteiger partial charge is 0.306 e. The third-order valence-electron chi connectivity index (χ3n) is 11.1. The average Bonchev–Trinajstić information content (AvgIpc) is 3.28. The van der Waals surface area contributed by atoms with E-state index in [0.717, 1.165) is 89.9 Å². The summed E-state index contributed by atoms with van der Waals surface area (Å²) in [4.78, 5) is 26.1. The van der Waals surface area contributed by atoms with Crippen LogP contribution in [0.15, 0.2) is 97.2 Å². The first-order valence-electron chi connectivity index (χ1n) is 26.0. The number of hydrogen-bond donors (Lipinski definition) is 3. The number of rotatable bonds is 45. The molecular weight excluding hydrogens is 779 g/mol. The molecule has 0 fully saturated rings. The Morgan fingerprint density at radius 3 is 1.32 bits per heavy atom. The van der Waals surface area contributed by atoms with Gasteiger partial charge in [-0.1, -0.05) is 208 Å². The van der Waals surface area contributed by atoms with Gasteiger partial charge in [-0.05, 0) is 103 Å². The molecule has 3 N–H and O–H groups in total. The molecule has 0 aromatic carbocycles. The first kappa shape index (κ1) is 59.8. The fraction of sp³-hybridized carbons (Fsp3) is 0.684. The van der Waals surface area contributed by atoms with E-state index >= 15 is 0 Å². The lowest BCUT2D eigenvalue weighted by Gasteiger charge is -2.24. The van der Waals surface area contributed by atoms with Crippen molar-refractivity contribution >= 4 is 11.9 Å². The third-order valence-corrected chi connectivity index (χ3v) is 11.1. The van der Waals surface area contributed by atoms with E-state index in [1.54, 1.807) is 0 Å². The molecule has 0 radical (unpaired) electrons. The zero-order valence-corrected chi connectivity index (χ0v) is 40.9. The highest BCUT2D eigenvalue weighted by molar-refractivity contribution is 5.77. The maximum atomic E-state index is 13.2. The molecular formula is C57H97NO5. The molecule has 0 saturated carbocycles. The number of carbonyl (C=O) groups excluding carboxylic acids is 2. The van der Waals surface area contributed by atoms with Gasteiger partial charge in [0.1, 0.15) is 6.10 Å². The summed E-state index contributed by atoms with van der Waals surface area (Å²) in [6.07, 6.45) is 66.1. The van der Waals surface area contributed by atoms with Gasteiger partial charge in [0.05, 0.1) is 25.2 Å². The number of nitrogens with one attached hydrogen (secondary N) is 1. The van der Waals surface area contributed by atoms with Crippen LogP contribution in [0, 0.1) is 0 Å². The summed E-state index contributed by atoms with van der Waals surface area (Å²) in [5.74, 6) is -0.588. The van der Waals surface area contributed by atoms with Crippen molar-refractivity contribution in [3.8, 4) is 0 Å². The van der Waals surface area contributed by atoms with Crippen molar-refractivity contribution in [1.82, 2.24) is 5.32 Å². The van der Waals surface area contributed by atoms with E-state index in [9.17, 15) is 19.8 Å². The second kappa shape index (κ2) is 49.8. The molecule has 0 rings (SSSR count). The number of esters is 1. The average molecular weight is 876 g/mol. The first-order valence-corrected chi connectivity index (χ1v) is 26.0. The van der Waals surface area contributed by atoms with Crippen LogP contribution in [0.1, 0.15) is 226 Å². The van der Waals surface area contributed by atoms with Crippen molar-refractivity contribution in [1.29, 1.82) is 0 Å². The summed E-state index contributed by atoms with van der Waals surface area (Å²) in [7, 11) is 0. The van der Waals surface area contributed by atoms with Crippen LogP contribution in [-0.4, -0.2) is 46.9 Å². The maximum Gasteiger partial charge on any atom is 0.306 e. The summed E-state index contributed by atoms with van der Waals surface area (Å²) in [5.41, 5.74) is 0. The highest BCUT2D eigenvalue weighted by Gasteiger charge is 2.24. The molecule has 0 bridgehead atoms. The van der Waals surface area contributed by atoms with E-state index in [4.69, 9.17) is 4.74 Å². The van der Waals surface area contributed by atoms with Gasteiger partial charge in [-0.2, -0.15) is 0 Å². The van der Waals surface area contributed by atoms with Gasteiger partial charge in [0.25, 0.3) is 0 Å². The summed E-state index contributed by atoms with van der Waals surface area (Å²) in [6, 6.07) is -0.731. The van der Waals surface area contributed by atoms with Crippen LogP contribution in [0.25, 0.3) is 0 Å². The van der Waals surface area contributed by atoms with E-state index in [2.05, 4.69) is 123 Å². The number of carbonyl (C=O) groups is 2. The summed E-state index contributed by atoms with van der Waals surface area (Å²) in [5, 5.41) is 23.7. The number of amides is 1. The first-order chi connectivity index (χ1) is 31.0. The van der Waals surface area contributed by atoms with Crippen LogP contribution in [0.2, 0.25) is 0 Å². The predicted molar refractivity (Wildman–Crippen MR) is 273 cm³/mol. The SMILES string of the molecule is CC/C=C\C/C=C\C/C=C\C/C=C\C/C=C\CCCC(=O)OC(CCCC/C=C\C/C=C\C/C=C\CCCCC)CC(=O)NC(CO)C(O)CCCCCCCCCCCCCC. The van der Waals surface area contributed by atoms with Crippen molar-refractivity contribution in [2.24, 2.45) is 0 Å². The van der Waals surface area contributed by atoms with Crippen molar-refractivity contribution in [3.63, 3.8) is 0 Å². The Balaban J connectivity index is 4.77. The van der Waals surface area contributed by atoms with Gasteiger partial charge < -0.3 is 20.3 Å². The van der Waals surface area contributed by atoms with Gasteiger partial charge in [-0.25, -0.2) is 0 Å². The van der Waals surface area contributed by atoms with Crippen molar-refractivity contribution in [3.05, 3.63) is 97.2 Å². The number of ether oxygens (including phenoxy) is 1. The van der Waals surface area contributed by atoms with E-state index in [0.29, 0.717) is 25.7 Å². The van der Waals surface area contributed by atoms with Crippen LogP contribution < -0.4 is 5.32 Å². The normalized spacial score (nSPS) is 14.0. The van der Waals surface area contributed by atoms with E-state index in [1.165, 1.54) is 83.5 Å². The number of unbranched alkanes of at least 4 members (excludes halogenated alkanes) is 17. The molecule has 360 valence electrons. The Kier molecular flexibility index (Phi) is 47.2. The van der Waals surface area contributed by atoms with Crippen LogP contribution in [0.3, 0.4) is 0 Å². The quantitative estimate of drug-likeness (QED) is 0.0322. The third kappa shape index (κ3) is 45.2. The minimum atomic E-state index is -0.812. The predicted octanol–water partition coefficient (Wildman–Crippen LogP) is 15.7. The lowest BCUT2D eigenvalue weighted by atomic mass is 10.0. The molecule has 63 heavy (non-hydrogen) atoms. The molecule has 3 atom stereocenters. The van der Waals surface area contributed by atoms with Crippen molar-refractivity contribution in [2.75, 3.05) is 6.61 Å². The molecule has 0 aliphatic heterocycles. The molecule has 0 aliphatic carbocycles. The van der Waals surface area contributed by atoms with E-state index < -0.39 is 18.2 Å². The molecule has 6 heteroatoms. The Bertz CT molecular complexity index is 1260. The van der Waals surface area contributed by atoms with Crippen LogP contribution in [0.5, 0.6) is 0 Å². The zero-order valence-electron chi connectivity index (χ0n) is 40.9. The summed E-state index contributed by atoms with van der Waals surface area (Å²) >= 11 is 0. The Morgan fingerprint density at radius 2 is 0.857 bits per heavy atom. The zero-order chi connectivity index (χ0) is 45.9. The maximum absolute atomic E-state index is 13.2. The van der Waals surface area contributed by atoms with Crippen molar-refractivity contribution < 1.29 is 24.5 Å². The standard InChI is InChI=1S/C57H97NO5/c1-4-7-10-13-16-19-22-25-27-28-30-32-35-38-41-44-47-50-57(62)63-53(48-45-42-39-36-33-31-29-26-23-20-17-14-11-8-5-2)51-56(61)58-54(52-59)55(60)49-46-43-40-37-34-24-21-18-15-12-9-6-3/h7,10,16-17,19-20,25-27,29-30,32-33,36,38,41,53-55,59-60H,4-6,8-9,11-15,18,21-24,28,31,34-35,37,39-40,42-52H2,1-3H3,(H,58,61)/b10-7-,19-16-,20-17-,27-25-,29-26-,32-30-,36-33-,41-38-. The van der Waals surface area contributed by atoms with E-state index in [1.807, 2.05) is 0 Å². The molecule has 6 nitrogen and oxygen atoms in total. The van der Waals surface area contributed by atoms with Crippen LogP contribution in [-0.2, 0) is 14.3 Å². The molecule has 0 spiro atoms. The highest BCUT2D eigenvalue weighted by Crippen LogP contribution is 2.16. The Labute approximate surface area is 388 Å². The highest BCUT2D eigenvalue weighted by atomic mass is 16.5. The second-order valence-electron chi connectivity index (χ2n) is 17.2. The molecule has 0 saturated heterocycles. The largest absolute Gasteiger partial charge is 0.462 e. The van der Waals surface area contributed by atoms with Gasteiger partial charge in [-0.3, -0.25) is 9.59 Å².